The van der Waals surface area contributed by atoms with Crippen LogP contribution in [0.2, 0.25) is 0 Å². The predicted molar refractivity (Wildman–Crippen MR) is 116 cm³/mol. The van der Waals surface area contributed by atoms with Gasteiger partial charge in [0.05, 0.1) is 0 Å². The molecule has 2 aromatic carbocycles. The van der Waals surface area contributed by atoms with Crippen molar-refractivity contribution in [3.63, 3.8) is 0 Å². The maximum Gasteiger partial charge on any atom is 0.325 e. The van der Waals surface area contributed by atoms with E-state index in [0.717, 1.165) is 10.5 Å². The maximum absolute atomic E-state index is 13.6. The third-order valence-corrected chi connectivity index (χ3v) is 5.45. The zero-order valence-corrected chi connectivity index (χ0v) is 18.0. The molecule has 0 aromatic heterocycles. The Kier molecular flexibility index (Phi) is 6.25. The van der Waals surface area contributed by atoms with Crippen molar-refractivity contribution in [1.82, 2.24) is 15.1 Å². The van der Waals surface area contributed by atoms with Crippen LogP contribution in [0, 0.1) is 0 Å². The number of carbonyl (C=O) groups is 3. The van der Waals surface area contributed by atoms with E-state index in [9.17, 15) is 14.4 Å². The molecule has 0 radical (unpaired) electrons. The average Bonchev–Trinajstić information content (AvgIpc) is 2.94. The molecule has 0 spiro atoms. The van der Waals surface area contributed by atoms with Crippen molar-refractivity contribution in [2.75, 3.05) is 6.54 Å². The zero-order chi connectivity index (χ0) is 21.9. The highest BCUT2D eigenvalue weighted by atomic mass is 16.2. The van der Waals surface area contributed by atoms with Crippen molar-refractivity contribution in [3.05, 3.63) is 71.8 Å². The molecule has 1 atom stereocenters. The topological polar surface area (TPSA) is 69.7 Å². The van der Waals surface area contributed by atoms with Gasteiger partial charge in [0.15, 0.2) is 5.54 Å². The van der Waals surface area contributed by atoms with Crippen LogP contribution in [0.3, 0.4) is 0 Å². The van der Waals surface area contributed by atoms with Crippen molar-refractivity contribution < 1.29 is 14.4 Å². The molecule has 158 valence electrons. The molecule has 0 saturated carbocycles. The first-order valence-corrected chi connectivity index (χ1v) is 10.3. The Hall–Kier alpha value is -3.15. The lowest BCUT2D eigenvalue weighted by Crippen LogP contribution is -2.49. The fraction of sp³-hybridized carbons (Fsp3) is 0.375. The van der Waals surface area contributed by atoms with Crippen molar-refractivity contribution in [1.29, 1.82) is 0 Å². The SMILES string of the molecule is CC(C)N(C(=O)CN1C(=O)NC(Cc2ccccc2)(c2ccccc2)C1=O)C(C)C. The summed E-state index contributed by atoms with van der Waals surface area (Å²) in [6, 6.07) is 18.2. The van der Waals surface area contributed by atoms with Gasteiger partial charge >= 0.3 is 6.03 Å². The molecule has 6 nitrogen and oxygen atoms in total. The summed E-state index contributed by atoms with van der Waals surface area (Å²) in [6.07, 6.45) is 0.311. The number of hydrogen-bond donors (Lipinski definition) is 1. The van der Waals surface area contributed by atoms with Crippen LogP contribution in [-0.2, 0) is 21.5 Å². The van der Waals surface area contributed by atoms with Crippen LogP contribution >= 0.6 is 0 Å². The standard InChI is InChI=1S/C24H29N3O3/c1-17(2)27(18(3)4)21(28)16-26-22(29)24(25-23(26)30,20-13-9-6-10-14-20)15-19-11-7-5-8-12-19/h5-14,17-18H,15-16H2,1-4H3,(H,25,30). The van der Waals surface area contributed by atoms with Gasteiger partial charge in [0.2, 0.25) is 5.91 Å². The lowest BCUT2D eigenvalue weighted by molar-refractivity contribution is -0.141. The minimum absolute atomic E-state index is 0.0264. The predicted octanol–water partition coefficient (Wildman–Crippen LogP) is 3.32. The van der Waals surface area contributed by atoms with E-state index in [4.69, 9.17) is 0 Å². The van der Waals surface area contributed by atoms with Crippen LogP contribution < -0.4 is 5.32 Å². The van der Waals surface area contributed by atoms with Crippen LogP contribution in [0.4, 0.5) is 4.79 Å². The molecule has 0 aliphatic carbocycles. The highest BCUT2D eigenvalue weighted by molar-refractivity contribution is 6.09. The fourth-order valence-corrected chi connectivity index (χ4v) is 4.20. The number of nitrogens with one attached hydrogen (secondary N) is 1. The summed E-state index contributed by atoms with van der Waals surface area (Å²) in [7, 11) is 0. The molecule has 30 heavy (non-hydrogen) atoms. The summed E-state index contributed by atoms with van der Waals surface area (Å²) in [6.45, 7) is 7.42. The quantitative estimate of drug-likeness (QED) is 0.716. The Labute approximate surface area is 177 Å². The van der Waals surface area contributed by atoms with E-state index < -0.39 is 17.5 Å². The Morgan fingerprint density at radius 2 is 1.47 bits per heavy atom. The molecule has 1 aliphatic heterocycles. The third-order valence-electron chi connectivity index (χ3n) is 5.45. The van der Waals surface area contributed by atoms with Gasteiger partial charge in [-0.05, 0) is 38.8 Å². The molecule has 1 unspecified atom stereocenters. The first kappa shape index (κ1) is 21.6. The molecule has 0 bridgehead atoms. The van der Waals surface area contributed by atoms with Crippen molar-refractivity contribution in [3.8, 4) is 0 Å². The van der Waals surface area contributed by atoms with Crippen LogP contribution in [0.15, 0.2) is 60.7 Å². The first-order valence-electron chi connectivity index (χ1n) is 10.3. The minimum atomic E-state index is -1.24. The number of urea groups is 1. The molecular formula is C24H29N3O3. The lowest BCUT2D eigenvalue weighted by atomic mass is 9.83. The summed E-state index contributed by atoms with van der Waals surface area (Å²) < 4.78 is 0. The van der Waals surface area contributed by atoms with Gasteiger partial charge in [-0.3, -0.25) is 14.5 Å². The van der Waals surface area contributed by atoms with Crippen LogP contribution in [0.5, 0.6) is 0 Å². The van der Waals surface area contributed by atoms with Gasteiger partial charge in [-0.2, -0.15) is 0 Å². The Bertz CT molecular complexity index is 904. The molecular weight excluding hydrogens is 378 g/mol. The van der Waals surface area contributed by atoms with Crippen LogP contribution in [0.1, 0.15) is 38.8 Å². The van der Waals surface area contributed by atoms with Crippen molar-refractivity contribution >= 4 is 17.8 Å². The van der Waals surface area contributed by atoms with E-state index >= 15 is 0 Å². The Morgan fingerprint density at radius 1 is 0.933 bits per heavy atom. The maximum atomic E-state index is 13.6. The summed E-state index contributed by atoms with van der Waals surface area (Å²) in [4.78, 5) is 42.2. The number of benzene rings is 2. The van der Waals surface area contributed by atoms with Gasteiger partial charge in [0.25, 0.3) is 5.91 Å². The van der Waals surface area contributed by atoms with Crippen LogP contribution in [0.25, 0.3) is 0 Å². The van der Waals surface area contributed by atoms with E-state index in [1.54, 1.807) is 4.90 Å². The van der Waals surface area contributed by atoms with E-state index in [1.807, 2.05) is 88.4 Å². The first-order chi connectivity index (χ1) is 14.3. The van der Waals surface area contributed by atoms with Gasteiger partial charge in [0.1, 0.15) is 6.54 Å². The smallest absolute Gasteiger partial charge is 0.325 e. The molecule has 3 rings (SSSR count). The van der Waals surface area contributed by atoms with E-state index in [1.165, 1.54) is 0 Å². The third kappa shape index (κ3) is 4.08. The molecule has 1 heterocycles. The average molecular weight is 408 g/mol. The van der Waals surface area contributed by atoms with Gasteiger partial charge in [-0.25, -0.2) is 4.79 Å². The molecule has 4 amide bonds. The monoisotopic (exact) mass is 407 g/mol. The molecule has 1 saturated heterocycles. The number of carbonyl (C=O) groups excluding carboxylic acids is 3. The summed E-state index contributed by atoms with van der Waals surface area (Å²) >= 11 is 0. The van der Waals surface area contributed by atoms with E-state index in [-0.39, 0.29) is 24.5 Å². The second-order valence-electron chi connectivity index (χ2n) is 8.24. The number of hydrogen-bond acceptors (Lipinski definition) is 3. The highest BCUT2D eigenvalue weighted by Crippen LogP contribution is 2.33. The second-order valence-corrected chi connectivity index (χ2v) is 8.24. The van der Waals surface area contributed by atoms with Gasteiger partial charge < -0.3 is 10.2 Å². The number of rotatable bonds is 7. The highest BCUT2D eigenvalue weighted by Gasteiger charge is 2.53. The summed E-state index contributed by atoms with van der Waals surface area (Å²) in [5.74, 6) is -0.643. The van der Waals surface area contributed by atoms with Gasteiger partial charge in [-0.15, -0.1) is 0 Å². The molecule has 6 heteroatoms. The lowest BCUT2D eigenvalue weighted by Gasteiger charge is -2.32. The van der Waals surface area contributed by atoms with Gasteiger partial charge in [-0.1, -0.05) is 60.7 Å². The number of nitrogens with zero attached hydrogens (tertiary/aromatic N) is 2. The van der Waals surface area contributed by atoms with Crippen LogP contribution in [-0.4, -0.2) is 46.3 Å². The Balaban J connectivity index is 1.95. The molecule has 2 aromatic rings. The zero-order valence-electron chi connectivity index (χ0n) is 18.0. The second kappa shape index (κ2) is 8.69. The number of imide groups is 1. The largest absolute Gasteiger partial charge is 0.336 e. The fourth-order valence-electron chi connectivity index (χ4n) is 4.20. The normalized spacial score (nSPS) is 18.8. The summed E-state index contributed by atoms with van der Waals surface area (Å²) in [5, 5.41) is 2.90. The Morgan fingerprint density at radius 3 is 2.00 bits per heavy atom. The number of amides is 4. The minimum Gasteiger partial charge on any atom is -0.336 e. The van der Waals surface area contributed by atoms with E-state index in [2.05, 4.69) is 5.32 Å². The van der Waals surface area contributed by atoms with Crippen molar-refractivity contribution in [2.24, 2.45) is 0 Å². The molecule has 1 aliphatic rings. The van der Waals surface area contributed by atoms with E-state index in [0.29, 0.717) is 12.0 Å². The molecule has 1 fully saturated rings. The molecule has 1 N–H and O–H groups in total. The van der Waals surface area contributed by atoms with Gasteiger partial charge in [0, 0.05) is 18.5 Å². The summed E-state index contributed by atoms with van der Waals surface area (Å²) in [5.41, 5.74) is 0.390. The van der Waals surface area contributed by atoms with Crippen molar-refractivity contribution in [2.45, 2.75) is 51.7 Å².